The van der Waals surface area contributed by atoms with Crippen LogP contribution in [0.15, 0.2) is 35.1 Å². The number of carbonyl (C=O) groups is 2. The van der Waals surface area contributed by atoms with Crippen molar-refractivity contribution < 1.29 is 14.3 Å². The highest BCUT2D eigenvalue weighted by molar-refractivity contribution is 6.03. The van der Waals surface area contributed by atoms with Gasteiger partial charge in [-0.15, -0.1) is 0 Å². The maximum atomic E-state index is 12.3. The first kappa shape index (κ1) is 18.7. The molecule has 0 fully saturated rings. The number of H-pyrrole nitrogens is 1. The van der Waals surface area contributed by atoms with E-state index in [4.69, 9.17) is 15.3 Å². The Bertz CT molecular complexity index is 934. The number of pyridine rings is 1. The van der Waals surface area contributed by atoms with Gasteiger partial charge in [0.05, 0.1) is 30.5 Å². The molecule has 0 aliphatic heterocycles. The number of nitrogens with zero attached hydrogens (tertiary/aromatic N) is 3. The Morgan fingerprint density at radius 1 is 1.12 bits per heavy atom. The first-order valence-corrected chi connectivity index (χ1v) is 7.87. The molecular weight excluding hydrogens is 336 g/mol. The summed E-state index contributed by atoms with van der Waals surface area (Å²) >= 11 is 0. The van der Waals surface area contributed by atoms with Gasteiger partial charge in [0.25, 0.3) is 5.91 Å². The van der Waals surface area contributed by atoms with Crippen molar-refractivity contribution in [2.75, 3.05) is 19.7 Å². The van der Waals surface area contributed by atoms with Crippen molar-refractivity contribution in [1.82, 2.24) is 9.88 Å². The highest BCUT2D eigenvalue weighted by atomic mass is 16.5. The third-order valence-corrected chi connectivity index (χ3v) is 3.64. The van der Waals surface area contributed by atoms with E-state index in [9.17, 15) is 14.4 Å². The molecule has 1 heterocycles. The molecule has 1 aromatic carbocycles. The lowest BCUT2D eigenvalue weighted by molar-refractivity contribution is -0.134. The molecular formula is C18H16N4O4. The van der Waals surface area contributed by atoms with Crippen molar-refractivity contribution in [3.05, 3.63) is 46.2 Å². The molecule has 8 heteroatoms. The van der Waals surface area contributed by atoms with Crippen LogP contribution in [0.4, 0.5) is 0 Å². The van der Waals surface area contributed by atoms with Crippen LogP contribution in [0.2, 0.25) is 0 Å². The first-order chi connectivity index (χ1) is 12.6. The van der Waals surface area contributed by atoms with Crippen LogP contribution in [0.3, 0.4) is 0 Å². The molecule has 26 heavy (non-hydrogen) atoms. The predicted molar refractivity (Wildman–Crippen MR) is 91.9 cm³/mol. The number of nitriles is 2. The molecule has 1 aromatic heterocycles. The molecule has 0 bridgehead atoms. The minimum atomic E-state index is -0.791. The van der Waals surface area contributed by atoms with Crippen LogP contribution in [0, 0.1) is 22.7 Å². The van der Waals surface area contributed by atoms with E-state index in [1.807, 2.05) is 12.1 Å². The molecule has 2 rings (SSSR count). The molecule has 2 aromatic rings. The minimum Gasteiger partial charge on any atom is -0.452 e. The van der Waals surface area contributed by atoms with E-state index >= 15 is 0 Å². The van der Waals surface area contributed by atoms with Crippen LogP contribution >= 0.6 is 0 Å². The van der Waals surface area contributed by atoms with Crippen LogP contribution < -0.4 is 5.56 Å². The lowest BCUT2D eigenvalue weighted by Gasteiger charge is -2.20. The summed E-state index contributed by atoms with van der Waals surface area (Å²) < 4.78 is 5.05. The number of para-hydroxylation sites is 1. The summed E-state index contributed by atoms with van der Waals surface area (Å²) in [5.41, 5.74) is 0.104. The Morgan fingerprint density at radius 2 is 1.77 bits per heavy atom. The highest BCUT2D eigenvalue weighted by Gasteiger charge is 2.18. The first-order valence-electron chi connectivity index (χ1n) is 7.87. The van der Waals surface area contributed by atoms with Crippen molar-refractivity contribution in [1.29, 1.82) is 10.5 Å². The van der Waals surface area contributed by atoms with Gasteiger partial charge < -0.3 is 14.6 Å². The predicted octanol–water partition coefficient (Wildman–Crippen LogP) is 1.34. The highest BCUT2D eigenvalue weighted by Crippen LogP contribution is 2.15. The van der Waals surface area contributed by atoms with Crippen molar-refractivity contribution in [3.8, 4) is 12.1 Å². The van der Waals surface area contributed by atoms with Gasteiger partial charge in [0.1, 0.15) is 0 Å². The fraction of sp³-hybridized carbons (Fsp3) is 0.278. The number of amides is 1. The number of esters is 1. The summed E-state index contributed by atoms with van der Waals surface area (Å²) in [6.07, 6.45) is 0.230. The molecule has 0 aliphatic carbocycles. The molecule has 0 saturated carbocycles. The summed E-state index contributed by atoms with van der Waals surface area (Å²) in [5.74, 6) is -1.29. The largest absolute Gasteiger partial charge is 0.452 e. The van der Waals surface area contributed by atoms with Gasteiger partial charge in [0.15, 0.2) is 6.61 Å². The van der Waals surface area contributed by atoms with Gasteiger partial charge in [-0.2, -0.15) is 10.5 Å². The van der Waals surface area contributed by atoms with E-state index in [0.717, 1.165) is 6.07 Å². The van der Waals surface area contributed by atoms with Gasteiger partial charge in [-0.05, 0) is 6.07 Å². The second-order valence-corrected chi connectivity index (χ2v) is 5.37. The number of carbonyl (C=O) groups excluding carboxylic acids is 2. The Kier molecular flexibility index (Phi) is 6.47. The van der Waals surface area contributed by atoms with E-state index < -0.39 is 24.0 Å². The van der Waals surface area contributed by atoms with Gasteiger partial charge in [0, 0.05) is 30.1 Å². The van der Waals surface area contributed by atoms with Crippen molar-refractivity contribution in [3.63, 3.8) is 0 Å². The lowest BCUT2D eigenvalue weighted by Crippen LogP contribution is -2.36. The number of aromatic nitrogens is 1. The molecule has 0 saturated heterocycles. The van der Waals surface area contributed by atoms with Crippen LogP contribution in [-0.2, 0) is 9.53 Å². The fourth-order valence-electron chi connectivity index (χ4n) is 2.40. The number of rotatable bonds is 7. The quantitative estimate of drug-likeness (QED) is 0.749. The normalized spacial score (nSPS) is 9.92. The molecule has 8 nitrogen and oxygen atoms in total. The van der Waals surface area contributed by atoms with Crippen LogP contribution in [0.5, 0.6) is 0 Å². The Hall–Kier alpha value is -3.65. The summed E-state index contributed by atoms with van der Waals surface area (Å²) in [4.78, 5) is 40.1. The van der Waals surface area contributed by atoms with Gasteiger partial charge >= 0.3 is 5.97 Å². The second-order valence-electron chi connectivity index (χ2n) is 5.37. The van der Waals surface area contributed by atoms with Crippen molar-refractivity contribution in [2.24, 2.45) is 0 Å². The number of benzene rings is 1. The minimum absolute atomic E-state index is 0.0674. The Balaban J connectivity index is 2.10. The number of hydrogen-bond acceptors (Lipinski definition) is 6. The van der Waals surface area contributed by atoms with E-state index in [1.165, 1.54) is 4.90 Å². The van der Waals surface area contributed by atoms with Gasteiger partial charge in [-0.25, -0.2) is 4.79 Å². The molecule has 0 radical (unpaired) electrons. The summed E-state index contributed by atoms with van der Waals surface area (Å²) in [5, 5.41) is 17.8. The zero-order valence-corrected chi connectivity index (χ0v) is 13.9. The molecule has 1 amide bonds. The van der Waals surface area contributed by atoms with Crippen LogP contribution in [0.25, 0.3) is 10.9 Å². The molecule has 0 unspecified atom stereocenters. The number of aromatic amines is 1. The molecule has 1 N–H and O–H groups in total. The maximum Gasteiger partial charge on any atom is 0.339 e. The number of nitrogens with one attached hydrogen (secondary N) is 1. The Labute approximate surface area is 149 Å². The third kappa shape index (κ3) is 4.68. The van der Waals surface area contributed by atoms with E-state index in [0.29, 0.717) is 10.9 Å². The van der Waals surface area contributed by atoms with E-state index in [1.54, 1.807) is 24.3 Å². The molecule has 0 atom stereocenters. The number of fused-ring (bicyclic) bond motifs is 1. The van der Waals surface area contributed by atoms with Crippen molar-refractivity contribution in [2.45, 2.75) is 12.8 Å². The van der Waals surface area contributed by atoms with Gasteiger partial charge in [-0.3, -0.25) is 9.59 Å². The third-order valence-electron chi connectivity index (χ3n) is 3.64. The molecule has 132 valence electrons. The van der Waals surface area contributed by atoms with Crippen LogP contribution in [-0.4, -0.2) is 41.5 Å². The monoisotopic (exact) mass is 352 g/mol. The topological polar surface area (TPSA) is 127 Å². The van der Waals surface area contributed by atoms with Gasteiger partial charge in [0.2, 0.25) is 5.56 Å². The molecule has 0 aliphatic rings. The van der Waals surface area contributed by atoms with Crippen LogP contribution in [0.1, 0.15) is 23.2 Å². The number of hydrogen-bond donors (Lipinski definition) is 1. The van der Waals surface area contributed by atoms with Crippen molar-refractivity contribution >= 4 is 22.8 Å². The smallest absolute Gasteiger partial charge is 0.339 e. The zero-order valence-electron chi connectivity index (χ0n) is 13.9. The van der Waals surface area contributed by atoms with Gasteiger partial charge in [-0.1, -0.05) is 18.2 Å². The maximum absolute atomic E-state index is 12.3. The zero-order chi connectivity index (χ0) is 18.9. The molecule has 0 spiro atoms. The fourth-order valence-corrected chi connectivity index (χ4v) is 2.40. The summed E-state index contributed by atoms with van der Waals surface area (Å²) in [6.45, 7) is -0.220. The number of ether oxygens (including phenoxy) is 1. The summed E-state index contributed by atoms with van der Waals surface area (Å²) in [6, 6.07) is 11.7. The average Bonchev–Trinajstić information content (AvgIpc) is 2.65. The summed E-state index contributed by atoms with van der Waals surface area (Å²) in [7, 11) is 0. The lowest BCUT2D eigenvalue weighted by atomic mass is 10.1. The average molecular weight is 352 g/mol. The second kappa shape index (κ2) is 9.00. The standard InChI is InChI=1S/C18H16N4O4/c19-7-3-9-22(10-4-8-20)17(24)12-26-18(25)14-11-16(23)21-15-6-2-1-5-13(14)15/h1-2,5-6,11H,3-4,9-10,12H2,(H,21,23). The van der Waals surface area contributed by atoms with E-state index in [2.05, 4.69) is 4.98 Å². The van der Waals surface area contributed by atoms with E-state index in [-0.39, 0.29) is 31.5 Å². The Morgan fingerprint density at radius 3 is 2.42 bits per heavy atom. The SMILES string of the molecule is N#CCCN(CCC#N)C(=O)COC(=O)c1cc(=O)[nH]c2ccccc12.